The zero-order valence-corrected chi connectivity index (χ0v) is 12.3. The van der Waals surface area contributed by atoms with Crippen LogP contribution in [-0.4, -0.2) is 28.2 Å². The number of nitrogen functional groups attached to an aromatic ring is 1. The largest absolute Gasteiger partial charge is 0.383 e. The molecular weight excluding hydrogens is 240 g/mol. The van der Waals surface area contributed by atoms with E-state index in [9.17, 15) is 0 Å². The highest BCUT2D eigenvalue weighted by atomic mass is 16.5. The van der Waals surface area contributed by atoms with Crippen molar-refractivity contribution in [3.8, 4) is 0 Å². The van der Waals surface area contributed by atoms with E-state index in [2.05, 4.69) is 29.1 Å². The van der Waals surface area contributed by atoms with E-state index >= 15 is 0 Å². The Balaban J connectivity index is 2.16. The van der Waals surface area contributed by atoms with Gasteiger partial charge in [0.05, 0.1) is 5.60 Å². The summed E-state index contributed by atoms with van der Waals surface area (Å²) in [7, 11) is 0. The van der Waals surface area contributed by atoms with Gasteiger partial charge < -0.3 is 15.8 Å². The Hall–Kier alpha value is -1.36. The molecule has 1 aromatic rings. The SMILES string of the molecule is CCc1nc(N)c(C)c(NC2CCOC(C)(C)C2)n1. The molecule has 0 radical (unpaired) electrons. The topological polar surface area (TPSA) is 73.1 Å². The zero-order chi connectivity index (χ0) is 14.0. The summed E-state index contributed by atoms with van der Waals surface area (Å²) in [6.45, 7) is 9.02. The van der Waals surface area contributed by atoms with Crippen LogP contribution in [0.5, 0.6) is 0 Å². The lowest BCUT2D eigenvalue weighted by Crippen LogP contribution is -2.40. The first kappa shape index (κ1) is 14.1. The zero-order valence-electron chi connectivity index (χ0n) is 12.3. The predicted molar refractivity (Wildman–Crippen MR) is 77.2 cm³/mol. The number of anilines is 2. The first-order chi connectivity index (χ1) is 8.91. The lowest BCUT2D eigenvalue weighted by atomic mass is 9.94. The molecule has 2 rings (SSSR count). The summed E-state index contributed by atoms with van der Waals surface area (Å²) < 4.78 is 5.73. The van der Waals surface area contributed by atoms with Gasteiger partial charge in [0, 0.05) is 24.6 Å². The molecule has 1 atom stereocenters. The minimum absolute atomic E-state index is 0.0734. The molecule has 1 aromatic heterocycles. The van der Waals surface area contributed by atoms with Crippen molar-refractivity contribution in [3.05, 3.63) is 11.4 Å². The summed E-state index contributed by atoms with van der Waals surface area (Å²) in [6.07, 6.45) is 2.75. The third kappa shape index (κ3) is 3.35. The van der Waals surface area contributed by atoms with Crippen LogP contribution in [0.15, 0.2) is 0 Å². The van der Waals surface area contributed by atoms with Gasteiger partial charge in [-0.15, -0.1) is 0 Å². The fourth-order valence-electron chi connectivity index (χ4n) is 2.43. The fraction of sp³-hybridized carbons (Fsp3) is 0.714. The molecule has 1 aliphatic heterocycles. The van der Waals surface area contributed by atoms with Gasteiger partial charge in [0.15, 0.2) is 0 Å². The Kier molecular flexibility index (Phi) is 3.94. The normalized spacial score (nSPS) is 22.2. The Morgan fingerprint density at radius 1 is 1.42 bits per heavy atom. The van der Waals surface area contributed by atoms with Crippen molar-refractivity contribution >= 4 is 11.6 Å². The molecule has 0 saturated carbocycles. The highest BCUT2D eigenvalue weighted by Crippen LogP contribution is 2.27. The summed E-state index contributed by atoms with van der Waals surface area (Å²) in [5, 5.41) is 3.51. The fourth-order valence-corrected chi connectivity index (χ4v) is 2.43. The quantitative estimate of drug-likeness (QED) is 0.876. The molecule has 5 nitrogen and oxygen atoms in total. The standard InChI is InChI=1S/C14H24N4O/c1-5-11-17-12(15)9(2)13(18-11)16-10-6-7-19-14(3,4)8-10/h10H,5-8H2,1-4H3,(H3,15,16,17,18). The average molecular weight is 264 g/mol. The van der Waals surface area contributed by atoms with Crippen molar-refractivity contribution in [1.82, 2.24) is 9.97 Å². The van der Waals surface area contributed by atoms with Gasteiger partial charge in [-0.25, -0.2) is 9.97 Å². The molecule has 3 N–H and O–H groups in total. The Bertz CT molecular complexity index is 459. The van der Waals surface area contributed by atoms with Crippen LogP contribution in [0, 0.1) is 6.92 Å². The van der Waals surface area contributed by atoms with Gasteiger partial charge in [-0.2, -0.15) is 0 Å². The number of nitrogens with two attached hydrogens (primary N) is 1. The van der Waals surface area contributed by atoms with E-state index < -0.39 is 0 Å². The lowest BCUT2D eigenvalue weighted by molar-refractivity contribution is -0.0553. The second kappa shape index (κ2) is 5.33. The molecular formula is C14H24N4O. The molecule has 106 valence electrons. The van der Waals surface area contributed by atoms with E-state index in [1.54, 1.807) is 0 Å². The Labute approximate surface area is 115 Å². The molecule has 0 bridgehead atoms. The van der Waals surface area contributed by atoms with Crippen molar-refractivity contribution in [3.63, 3.8) is 0 Å². The summed E-state index contributed by atoms with van der Waals surface area (Å²) in [5.41, 5.74) is 6.80. The smallest absolute Gasteiger partial charge is 0.134 e. The molecule has 1 saturated heterocycles. The molecule has 0 amide bonds. The Morgan fingerprint density at radius 3 is 2.79 bits per heavy atom. The molecule has 2 heterocycles. The number of nitrogens with zero attached hydrogens (tertiary/aromatic N) is 2. The number of hydrogen-bond donors (Lipinski definition) is 2. The van der Waals surface area contributed by atoms with E-state index in [4.69, 9.17) is 10.5 Å². The van der Waals surface area contributed by atoms with Crippen LogP contribution >= 0.6 is 0 Å². The molecule has 0 spiro atoms. The molecule has 19 heavy (non-hydrogen) atoms. The maximum Gasteiger partial charge on any atom is 0.134 e. The van der Waals surface area contributed by atoms with Crippen LogP contribution in [0.3, 0.4) is 0 Å². The van der Waals surface area contributed by atoms with Crippen molar-refractivity contribution in [2.24, 2.45) is 0 Å². The first-order valence-electron chi connectivity index (χ1n) is 6.95. The minimum atomic E-state index is -0.0734. The number of ether oxygens (including phenoxy) is 1. The third-order valence-corrected chi connectivity index (χ3v) is 3.58. The average Bonchev–Trinajstić information content (AvgIpc) is 2.33. The van der Waals surface area contributed by atoms with E-state index in [0.29, 0.717) is 11.9 Å². The van der Waals surface area contributed by atoms with Gasteiger partial charge >= 0.3 is 0 Å². The Morgan fingerprint density at radius 2 is 2.16 bits per heavy atom. The predicted octanol–water partition coefficient (Wildman–Crippen LogP) is 2.30. The number of aryl methyl sites for hydroxylation is 1. The van der Waals surface area contributed by atoms with Gasteiger partial charge in [-0.1, -0.05) is 6.92 Å². The van der Waals surface area contributed by atoms with Crippen molar-refractivity contribution in [2.75, 3.05) is 17.7 Å². The second-order valence-electron chi connectivity index (χ2n) is 5.79. The van der Waals surface area contributed by atoms with Crippen molar-refractivity contribution in [1.29, 1.82) is 0 Å². The van der Waals surface area contributed by atoms with E-state index in [1.165, 1.54) is 0 Å². The molecule has 0 aliphatic carbocycles. The summed E-state index contributed by atoms with van der Waals surface area (Å²) in [5.74, 6) is 2.23. The van der Waals surface area contributed by atoms with E-state index in [1.807, 2.05) is 13.8 Å². The van der Waals surface area contributed by atoms with E-state index in [0.717, 1.165) is 43.1 Å². The molecule has 5 heteroatoms. The number of nitrogens with one attached hydrogen (secondary N) is 1. The summed E-state index contributed by atoms with van der Waals surface area (Å²) >= 11 is 0. The van der Waals surface area contributed by atoms with Crippen LogP contribution in [0.1, 0.15) is 45.0 Å². The summed E-state index contributed by atoms with van der Waals surface area (Å²) in [6, 6.07) is 0.376. The van der Waals surface area contributed by atoms with Crippen molar-refractivity contribution in [2.45, 2.75) is 58.6 Å². The number of hydrogen-bond acceptors (Lipinski definition) is 5. The van der Waals surface area contributed by atoms with Crippen molar-refractivity contribution < 1.29 is 4.74 Å². The maximum absolute atomic E-state index is 5.94. The van der Waals surface area contributed by atoms with Crippen LogP contribution < -0.4 is 11.1 Å². The molecule has 1 fully saturated rings. The first-order valence-corrected chi connectivity index (χ1v) is 6.95. The lowest BCUT2D eigenvalue weighted by Gasteiger charge is -2.36. The van der Waals surface area contributed by atoms with Gasteiger partial charge in [0.25, 0.3) is 0 Å². The van der Waals surface area contributed by atoms with E-state index in [-0.39, 0.29) is 5.60 Å². The molecule has 1 unspecified atom stereocenters. The van der Waals surface area contributed by atoms with Crippen LogP contribution in [-0.2, 0) is 11.2 Å². The van der Waals surface area contributed by atoms with Crippen LogP contribution in [0.25, 0.3) is 0 Å². The van der Waals surface area contributed by atoms with Gasteiger partial charge in [-0.3, -0.25) is 0 Å². The van der Waals surface area contributed by atoms with Crippen LogP contribution in [0.2, 0.25) is 0 Å². The van der Waals surface area contributed by atoms with Gasteiger partial charge in [-0.05, 0) is 33.6 Å². The molecule has 0 aromatic carbocycles. The van der Waals surface area contributed by atoms with Gasteiger partial charge in [0.1, 0.15) is 17.5 Å². The highest BCUT2D eigenvalue weighted by molar-refractivity contribution is 5.55. The number of aromatic nitrogens is 2. The summed E-state index contributed by atoms with van der Waals surface area (Å²) in [4.78, 5) is 8.83. The number of rotatable bonds is 3. The monoisotopic (exact) mass is 264 g/mol. The van der Waals surface area contributed by atoms with Gasteiger partial charge in [0.2, 0.25) is 0 Å². The third-order valence-electron chi connectivity index (χ3n) is 3.58. The van der Waals surface area contributed by atoms with Crippen LogP contribution in [0.4, 0.5) is 11.6 Å². The second-order valence-corrected chi connectivity index (χ2v) is 5.79. The minimum Gasteiger partial charge on any atom is -0.383 e. The molecule has 1 aliphatic rings. The maximum atomic E-state index is 5.94. The highest BCUT2D eigenvalue weighted by Gasteiger charge is 2.29.